The normalized spacial score (nSPS) is 11.6. The van der Waals surface area contributed by atoms with Crippen molar-refractivity contribution < 1.29 is 0 Å². The van der Waals surface area contributed by atoms with E-state index in [-0.39, 0.29) is 0 Å². The lowest BCUT2D eigenvalue weighted by atomic mass is 10.00. The van der Waals surface area contributed by atoms with E-state index in [1.807, 2.05) is 37.3 Å². The van der Waals surface area contributed by atoms with Crippen LogP contribution in [0.1, 0.15) is 5.82 Å². The summed E-state index contributed by atoms with van der Waals surface area (Å²) in [7, 11) is 0. The number of hydrogen-bond acceptors (Lipinski definition) is 3. The Hall–Kier alpha value is -6.85. The molecule has 10 rings (SSSR count). The lowest BCUT2D eigenvalue weighted by molar-refractivity contribution is 0.991. The monoisotopic (exact) mass is 653 g/mol. The third kappa shape index (κ3) is 4.74. The molecule has 5 heteroatoms. The molecule has 5 nitrogen and oxygen atoms in total. The van der Waals surface area contributed by atoms with Crippen molar-refractivity contribution in [3.05, 3.63) is 176 Å². The van der Waals surface area contributed by atoms with Crippen LogP contribution < -0.4 is 0 Å². The van der Waals surface area contributed by atoms with E-state index in [2.05, 4.69) is 154 Å². The number of hydrogen-bond donors (Lipinski definition) is 0. The van der Waals surface area contributed by atoms with Crippen molar-refractivity contribution in [1.29, 1.82) is 0 Å². The van der Waals surface area contributed by atoms with Gasteiger partial charge in [0.25, 0.3) is 0 Å². The Morgan fingerprint density at radius 2 is 0.902 bits per heavy atom. The van der Waals surface area contributed by atoms with E-state index >= 15 is 0 Å². The largest absolute Gasteiger partial charge is 0.309 e. The molecule has 240 valence electrons. The lowest BCUT2D eigenvalue weighted by Gasteiger charge is -2.13. The molecule has 3 heterocycles. The van der Waals surface area contributed by atoms with Crippen LogP contribution in [-0.4, -0.2) is 24.1 Å². The third-order valence-corrected chi connectivity index (χ3v) is 9.86. The molecule has 0 aliphatic heterocycles. The Kier molecular flexibility index (Phi) is 6.64. The van der Waals surface area contributed by atoms with E-state index in [9.17, 15) is 0 Å². The van der Waals surface area contributed by atoms with Crippen LogP contribution >= 0.6 is 0 Å². The summed E-state index contributed by atoms with van der Waals surface area (Å²) in [5.41, 5.74) is 11.3. The van der Waals surface area contributed by atoms with Gasteiger partial charge in [0.15, 0.2) is 11.6 Å². The van der Waals surface area contributed by atoms with Crippen molar-refractivity contribution in [2.75, 3.05) is 0 Å². The number of aromatic nitrogens is 5. The Bertz CT molecular complexity index is 2900. The van der Waals surface area contributed by atoms with Crippen LogP contribution in [0.5, 0.6) is 0 Å². The summed E-state index contributed by atoms with van der Waals surface area (Å²) in [5, 5.41) is 4.92. The molecule has 7 aromatic carbocycles. The van der Waals surface area contributed by atoms with Gasteiger partial charge in [-0.1, -0.05) is 109 Å². The van der Waals surface area contributed by atoms with Crippen LogP contribution in [0, 0.1) is 6.92 Å². The van der Waals surface area contributed by atoms with Gasteiger partial charge in [-0.2, -0.15) is 0 Å². The van der Waals surface area contributed by atoms with Crippen molar-refractivity contribution in [3.8, 4) is 45.3 Å². The first-order valence-corrected chi connectivity index (χ1v) is 17.2. The summed E-state index contributed by atoms with van der Waals surface area (Å²) < 4.78 is 4.76. The smallest absolute Gasteiger partial charge is 0.163 e. The van der Waals surface area contributed by atoms with Gasteiger partial charge in [0.2, 0.25) is 0 Å². The van der Waals surface area contributed by atoms with E-state index in [1.165, 1.54) is 49.2 Å². The first-order chi connectivity index (χ1) is 25.2. The van der Waals surface area contributed by atoms with Crippen LogP contribution in [0.15, 0.2) is 170 Å². The molecule has 0 N–H and O–H groups in total. The second kappa shape index (κ2) is 11.6. The van der Waals surface area contributed by atoms with E-state index in [0.29, 0.717) is 17.5 Å². The SMILES string of the molecule is Cc1nc(-c2ccccc2)nc(-c2ccc(-n3c4ccccc4c4cccc(-c5ccc6c(c5)c5ccccc5n6-c5ccccc5)c43)cc2)n1. The molecule has 3 aromatic heterocycles. The highest BCUT2D eigenvalue weighted by Gasteiger charge is 2.19. The van der Waals surface area contributed by atoms with Gasteiger partial charge in [-0.15, -0.1) is 0 Å². The number of para-hydroxylation sites is 4. The van der Waals surface area contributed by atoms with Crippen LogP contribution in [0.3, 0.4) is 0 Å². The minimum absolute atomic E-state index is 0.666. The summed E-state index contributed by atoms with van der Waals surface area (Å²) in [6.07, 6.45) is 0. The average molecular weight is 654 g/mol. The van der Waals surface area contributed by atoms with Crippen molar-refractivity contribution >= 4 is 43.6 Å². The molecule has 0 bridgehead atoms. The van der Waals surface area contributed by atoms with Gasteiger partial charge < -0.3 is 9.13 Å². The molecule has 0 aliphatic rings. The second-order valence-electron chi connectivity index (χ2n) is 12.9. The molecule has 0 fully saturated rings. The third-order valence-electron chi connectivity index (χ3n) is 9.86. The minimum atomic E-state index is 0.666. The molecule has 10 aromatic rings. The van der Waals surface area contributed by atoms with E-state index in [4.69, 9.17) is 9.97 Å². The van der Waals surface area contributed by atoms with Gasteiger partial charge in [0, 0.05) is 49.6 Å². The highest BCUT2D eigenvalue weighted by atomic mass is 15.0. The zero-order valence-electron chi connectivity index (χ0n) is 27.9. The van der Waals surface area contributed by atoms with Crippen LogP contribution in [0.25, 0.3) is 88.9 Å². The number of rotatable bonds is 5. The molecule has 0 unspecified atom stereocenters. The molecule has 0 atom stereocenters. The van der Waals surface area contributed by atoms with Gasteiger partial charge in [-0.3, -0.25) is 0 Å². The zero-order valence-corrected chi connectivity index (χ0v) is 27.9. The highest BCUT2D eigenvalue weighted by Crippen LogP contribution is 2.41. The summed E-state index contributed by atoms with van der Waals surface area (Å²) in [5.74, 6) is 2.04. The highest BCUT2D eigenvalue weighted by molar-refractivity contribution is 6.15. The first-order valence-electron chi connectivity index (χ1n) is 17.2. The maximum atomic E-state index is 4.86. The molecular weight excluding hydrogens is 623 g/mol. The molecule has 0 amide bonds. The maximum absolute atomic E-state index is 4.86. The second-order valence-corrected chi connectivity index (χ2v) is 12.9. The number of benzene rings is 7. The van der Waals surface area contributed by atoms with Gasteiger partial charge in [0.1, 0.15) is 5.82 Å². The summed E-state index contributed by atoms with van der Waals surface area (Å²) in [6, 6.07) is 60.2. The quantitative estimate of drug-likeness (QED) is 0.186. The summed E-state index contributed by atoms with van der Waals surface area (Å²) in [4.78, 5) is 14.2. The molecular formula is C46H31N5. The van der Waals surface area contributed by atoms with Crippen LogP contribution in [-0.2, 0) is 0 Å². The van der Waals surface area contributed by atoms with Gasteiger partial charge in [0.05, 0.1) is 22.1 Å². The fraction of sp³-hybridized carbons (Fsp3) is 0.0217. The zero-order chi connectivity index (χ0) is 33.9. The first kappa shape index (κ1) is 29.1. The van der Waals surface area contributed by atoms with Gasteiger partial charge in [-0.25, -0.2) is 15.0 Å². The van der Waals surface area contributed by atoms with Crippen molar-refractivity contribution in [1.82, 2.24) is 24.1 Å². The fourth-order valence-corrected chi connectivity index (χ4v) is 7.60. The van der Waals surface area contributed by atoms with Gasteiger partial charge in [-0.05, 0) is 73.2 Å². The summed E-state index contributed by atoms with van der Waals surface area (Å²) in [6.45, 7) is 1.92. The maximum Gasteiger partial charge on any atom is 0.163 e. The van der Waals surface area contributed by atoms with Crippen molar-refractivity contribution in [2.45, 2.75) is 6.92 Å². The van der Waals surface area contributed by atoms with Crippen LogP contribution in [0.4, 0.5) is 0 Å². The predicted molar refractivity (Wildman–Crippen MR) is 210 cm³/mol. The van der Waals surface area contributed by atoms with Gasteiger partial charge >= 0.3 is 0 Å². The molecule has 0 saturated heterocycles. The number of aryl methyl sites for hydroxylation is 1. The Balaban J connectivity index is 1.15. The van der Waals surface area contributed by atoms with E-state index in [1.54, 1.807) is 0 Å². The van der Waals surface area contributed by atoms with Crippen LogP contribution in [0.2, 0.25) is 0 Å². The Labute approximate surface area is 294 Å². The van der Waals surface area contributed by atoms with E-state index in [0.717, 1.165) is 28.0 Å². The number of fused-ring (bicyclic) bond motifs is 6. The Morgan fingerprint density at radius 1 is 0.373 bits per heavy atom. The standard InChI is InChI=1S/C46H31N5/c1-30-47-45(31-13-4-2-5-14-31)49-46(48-30)32-23-26-35(27-24-32)51-42-22-11-8-17-37(42)39-20-12-19-36(44(39)51)33-25-28-43-40(29-33)38-18-9-10-21-41(38)50(43)34-15-6-3-7-16-34/h2-29H,1H3. The average Bonchev–Trinajstić information content (AvgIpc) is 3.71. The topological polar surface area (TPSA) is 48.5 Å². The number of nitrogens with zero attached hydrogens (tertiary/aromatic N) is 5. The van der Waals surface area contributed by atoms with Crippen molar-refractivity contribution in [2.24, 2.45) is 0 Å². The fourth-order valence-electron chi connectivity index (χ4n) is 7.60. The summed E-state index contributed by atoms with van der Waals surface area (Å²) >= 11 is 0. The molecule has 51 heavy (non-hydrogen) atoms. The Morgan fingerprint density at radius 3 is 1.63 bits per heavy atom. The molecule has 0 spiro atoms. The minimum Gasteiger partial charge on any atom is -0.309 e. The molecule has 0 saturated carbocycles. The predicted octanol–water partition coefficient (Wildman–Crippen LogP) is 11.4. The molecule has 0 radical (unpaired) electrons. The lowest BCUT2D eigenvalue weighted by Crippen LogP contribution is -2.00. The van der Waals surface area contributed by atoms with Crippen molar-refractivity contribution in [3.63, 3.8) is 0 Å². The van der Waals surface area contributed by atoms with E-state index < -0.39 is 0 Å². The molecule has 0 aliphatic carbocycles.